The highest BCUT2D eigenvalue weighted by Gasteiger charge is 2.10. The van der Waals surface area contributed by atoms with Gasteiger partial charge in [-0.3, -0.25) is 9.36 Å². The zero-order valence-electron chi connectivity index (χ0n) is 7.65. The van der Waals surface area contributed by atoms with Gasteiger partial charge in [0.05, 0.1) is 6.54 Å². The van der Waals surface area contributed by atoms with Crippen molar-refractivity contribution in [1.82, 2.24) is 9.13 Å². The largest absolute Gasteiger partial charge is 0.391 e. The summed E-state index contributed by atoms with van der Waals surface area (Å²) >= 11 is 0. The van der Waals surface area contributed by atoms with E-state index in [-0.39, 0.29) is 18.1 Å². The molecule has 6 nitrogen and oxygen atoms in total. The second-order valence-corrected chi connectivity index (χ2v) is 2.74. The normalized spacial score (nSPS) is 9.71. The van der Waals surface area contributed by atoms with Crippen LogP contribution >= 0.6 is 0 Å². The van der Waals surface area contributed by atoms with Gasteiger partial charge in [0, 0.05) is 7.05 Å². The van der Waals surface area contributed by atoms with Gasteiger partial charge < -0.3 is 11.5 Å². The Balaban J connectivity index is 3.71. The lowest BCUT2D eigenvalue weighted by molar-refractivity contribution is 0.667. The lowest BCUT2D eigenvalue weighted by Gasteiger charge is -2.08. The van der Waals surface area contributed by atoms with Crippen molar-refractivity contribution < 1.29 is 0 Å². The summed E-state index contributed by atoms with van der Waals surface area (Å²) in [6.45, 7) is -0.115. The molecular weight excluding hydrogens is 184 g/mol. The summed E-state index contributed by atoms with van der Waals surface area (Å²) < 4.78 is 1.93. The van der Waals surface area contributed by atoms with Gasteiger partial charge in [-0.2, -0.15) is 0 Å². The lowest BCUT2D eigenvalue weighted by Crippen LogP contribution is -2.41. The molecule has 0 saturated carbocycles. The van der Waals surface area contributed by atoms with Crippen LogP contribution in [-0.2, 0) is 13.6 Å². The number of nitrogen functional groups attached to an aromatic ring is 2. The van der Waals surface area contributed by atoms with E-state index >= 15 is 0 Å². The molecule has 0 radical (unpaired) electrons. The second-order valence-electron chi connectivity index (χ2n) is 2.74. The topological polar surface area (TPSA) is 96.0 Å². The van der Waals surface area contributed by atoms with Crippen molar-refractivity contribution in [3.05, 3.63) is 20.8 Å². The molecule has 14 heavy (non-hydrogen) atoms. The molecule has 4 N–H and O–H groups in total. The summed E-state index contributed by atoms with van der Waals surface area (Å²) in [5.74, 6) is 2.14. The van der Waals surface area contributed by atoms with Gasteiger partial charge in [0.2, 0.25) is 0 Å². The van der Waals surface area contributed by atoms with E-state index in [0.717, 1.165) is 9.13 Å². The van der Waals surface area contributed by atoms with Crippen LogP contribution in [0.2, 0.25) is 0 Å². The first-order chi connectivity index (χ1) is 6.50. The first kappa shape index (κ1) is 9.92. The molecule has 0 aliphatic rings. The van der Waals surface area contributed by atoms with Crippen LogP contribution in [0.4, 0.5) is 11.5 Å². The highest BCUT2D eigenvalue weighted by molar-refractivity contribution is 5.56. The number of aromatic nitrogens is 2. The van der Waals surface area contributed by atoms with Crippen LogP contribution in [0.5, 0.6) is 0 Å². The minimum Gasteiger partial charge on any atom is -0.391 e. The standard InChI is InChI=1S/C8H10N4O2/c1-3-4-12-7(13)5(9)6(10)11(2)8(12)14/h1H,4,9-10H2,2H3. The second kappa shape index (κ2) is 3.30. The van der Waals surface area contributed by atoms with E-state index in [0.29, 0.717) is 0 Å². The number of terminal acetylenes is 1. The summed E-state index contributed by atoms with van der Waals surface area (Å²) in [6.07, 6.45) is 5.01. The molecule has 0 aliphatic carbocycles. The van der Waals surface area contributed by atoms with E-state index in [1.54, 1.807) is 0 Å². The van der Waals surface area contributed by atoms with E-state index in [1.807, 2.05) is 0 Å². The van der Waals surface area contributed by atoms with Gasteiger partial charge in [-0.05, 0) is 0 Å². The molecule has 0 unspecified atom stereocenters. The van der Waals surface area contributed by atoms with Crippen LogP contribution in [0.3, 0.4) is 0 Å². The van der Waals surface area contributed by atoms with E-state index in [9.17, 15) is 9.59 Å². The molecule has 0 saturated heterocycles. The molecule has 1 heterocycles. The number of nitrogens with zero attached hydrogens (tertiary/aromatic N) is 2. The maximum absolute atomic E-state index is 11.4. The average molecular weight is 194 g/mol. The maximum atomic E-state index is 11.4. The van der Waals surface area contributed by atoms with Crippen LogP contribution in [0.25, 0.3) is 0 Å². The number of anilines is 2. The smallest absolute Gasteiger partial charge is 0.333 e. The Labute approximate surface area is 79.8 Å². The van der Waals surface area contributed by atoms with E-state index in [1.165, 1.54) is 7.05 Å². The Morgan fingerprint density at radius 3 is 2.50 bits per heavy atom. The molecule has 74 valence electrons. The predicted molar refractivity (Wildman–Crippen MR) is 53.6 cm³/mol. The third-order valence-corrected chi connectivity index (χ3v) is 1.88. The minimum absolute atomic E-state index is 0.0479. The van der Waals surface area contributed by atoms with Crippen LogP contribution in [-0.4, -0.2) is 9.13 Å². The van der Waals surface area contributed by atoms with Gasteiger partial charge in [0.25, 0.3) is 5.56 Å². The molecule has 1 aromatic rings. The van der Waals surface area contributed by atoms with Crippen LogP contribution < -0.4 is 22.7 Å². The monoisotopic (exact) mass is 194 g/mol. The van der Waals surface area contributed by atoms with Crippen molar-refractivity contribution in [2.75, 3.05) is 11.5 Å². The summed E-state index contributed by atoms with van der Waals surface area (Å²) in [6, 6.07) is 0. The quantitative estimate of drug-likeness (QED) is 0.523. The molecule has 0 spiro atoms. The molecule has 0 aliphatic heterocycles. The van der Waals surface area contributed by atoms with E-state index in [4.69, 9.17) is 17.9 Å². The van der Waals surface area contributed by atoms with Gasteiger partial charge in [0.1, 0.15) is 11.5 Å². The molecule has 0 bridgehead atoms. The maximum Gasteiger partial charge on any atom is 0.333 e. The number of hydrogen-bond donors (Lipinski definition) is 2. The number of rotatable bonds is 1. The predicted octanol–water partition coefficient (Wildman–Crippen LogP) is -1.66. The number of hydrogen-bond acceptors (Lipinski definition) is 4. The molecule has 1 rings (SSSR count). The van der Waals surface area contributed by atoms with Gasteiger partial charge in [0.15, 0.2) is 0 Å². The lowest BCUT2D eigenvalue weighted by atomic mass is 10.4. The van der Waals surface area contributed by atoms with E-state index < -0.39 is 11.2 Å². The van der Waals surface area contributed by atoms with Crippen molar-refractivity contribution >= 4 is 11.5 Å². The zero-order chi connectivity index (χ0) is 10.9. The minimum atomic E-state index is -0.649. The molecule has 0 amide bonds. The van der Waals surface area contributed by atoms with Crippen LogP contribution in [0.15, 0.2) is 9.59 Å². The Morgan fingerprint density at radius 1 is 1.43 bits per heavy atom. The highest BCUT2D eigenvalue weighted by Crippen LogP contribution is 2.02. The summed E-state index contributed by atoms with van der Waals surface area (Å²) in [5.41, 5.74) is 9.43. The van der Waals surface area contributed by atoms with Gasteiger partial charge in [-0.15, -0.1) is 6.42 Å². The molecule has 1 aromatic heterocycles. The van der Waals surface area contributed by atoms with Gasteiger partial charge in [-0.1, -0.05) is 5.92 Å². The molecule has 0 aromatic carbocycles. The molecular formula is C8H10N4O2. The average Bonchev–Trinajstić information content (AvgIpc) is 2.19. The fraction of sp³-hybridized carbons (Fsp3) is 0.250. The van der Waals surface area contributed by atoms with Crippen LogP contribution in [0.1, 0.15) is 0 Å². The van der Waals surface area contributed by atoms with Crippen LogP contribution in [0, 0.1) is 12.3 Å². The fourth-order valence-corrected chi connectivity index (χ4v) is 1.04. The number of nitrogens with two attached hydrogens (primary N) is 2. The molecule has 6 heteroatoms. The Morgan fingerprint density at radius 2 is 2.00 bits per heavy atom. The van der Waals surface area contributed by atoms with Crippen molar-refractivity contribution in [3.8, 4) is 12.3 Å². The first-order valence-corrected chi connectivity index (χ1v) is 3.79. The van der Waals surface area contributed by atoms with Gasteiger partial charge in [-0.25, -0.2) is 9.36 Å². The molecule has 0 atom stereocenters. The third kappa shape index (κ3) is 1.25. The third-order valence-electron chi connectivity index (χ3n) is 1.88. The van der Waals surface area contributed by atoms with Crippen molar-refractivity contribution in [1.29, 1.82) is 0 Å². The Hall–Kier alpha value is -2.16. The SMILES string of the molecule is C#CCn1c(=O)c(N)c(N)n(C)c1=O. The summed E-state index contributed by atoms with van der Waals surface area (Å²) in [7, 11) is 1.42. The Kier molecular flexibility index (Phi) is 2.34. The van der Waals surface area contributed by atoms with E-state index in [2.05, 4.69) is 5.92 Å². The summed E-state index contributed by atoms with van der Waals surface area (Å²) in [5, 5.41) is 0. The fourth-order valence-electron chi connectivity index (χ4n) is 1.04. The van der Waals surface area contributed by atoms with Gasteiger partial charge >= 0.3 is 5.69 Å². The summed E-state index contributed by atoms with van der Waals surface area (Å²) in [4.78, 5) is 22.8. The van der Waals surface area contributed by atoms with Crippen molar-refractivity contribution in [2.24, 2.45) is 7.05 Å². The first-order valence-electron chi connectivity index (χ1n) is 3.79. The van der Waals surface area contributed by atoms with Crippen molar-refractivity contribution in [2.45, 2.75) is 6.54 Å². The highest BCUT2D eigenvalue weighted by atomic mass is 16.2. The zero-order valence-corrected chi connectivity index (χ0v) is 7.65. The van der Waals surface area contributed by atoms with Crippen molar-refractivity contribution in [3.63, 3.8) is 0 Å². The molecule has 0 fully saturated rings. The Bertz CT molecular complexity index is 481.